The van der Waals surface area contributed by atoms with Crippen LogP contribution >= 0.6 is 11.6 Å². The molecule has 26 heavy (non-hydrogen) atoms. The smallest absolute Gasteiger partial charge is 0.272 e. The third-order valence-electron chi connectivity index (χ3n) is 4.61. The van der Waals surface area contributed by atoms with Gasteiger partial charge in [-0.15, -0.1) is 0 Å². The van der Waals surface area contributed by atoms with Crippen LogP contribution < -0.4 is 5.32 Å². The van der Waals surface area contributed by atoms with Crippen LogP contribution in [0.5, 0.6) is 0 Å². The maximum absolute atomic E-state index is 12.8. The van der Waals surface area contributed by atoms with Crippen molar-refractivity contribution in [3.8, 4) is 0 Å². The summed E-state index contributed by atoms with van der Waals surface area (Å²) in [5, 5.41) is 3.76. The maximum atomic E-state index is 12.8. The molecule has 1 spiro atoms. The van der Waals surface area contributed by atoms with Crippen molar-refractivity contribution < 1.29 is 14.3 Å². The fourth-order valence-corrected chi connectivity index (χ4v) is 3.45. The van der Waals surface area contributed by atoms with E-state index >= 15 is 0 Å². The van der Waals surface area contributed by atoms with Gasteiger partial charge in [0.15, 0.2) is 5.79 Å². The quantitative estimate of drug-likeness (QED) is 0.890. The molecule has 0 unspecified atom stereocenters. The van der Waals surface area contributed by atoms with Crippen molar-refractivity contribution in [2.45, 2.75) is 18.6 Å². The zero-order chi connectivity index (χ0) is 18.0. The normalized spacial score (nSPS) is 18.9. The number of halogens is 1. The highest BCUT2D eigenvalue weighted by molar-refractivity contribution is 6.30. The molecule has 7 nitrogen and oxygen atoms in total. The largest absolute Gasteiger partial charge is 0.347 e. The Labute approximate surface area is 156 Å². The molecule has 0 bridgehead atoms. The van der Waals surface area contributed by atoms with E-state index < -0.39 is 5.79 Å². The number of anilines is 2. The number of carbonyl (C=O) groups excluding carboxylic acids is 1. The molecule has 2 aliphatic heterocycles. The number of rotatable bonds is 3. The molecule has 2 aliphatic rings. The highest BCUT2D eigenvalue weighted by atomic mass is 35.5. The molecule has 4 rings (SSSR count). The second-order valence-corrected chi connectivity index (χ2v) is 6.76. The van der Waals surface area contributed by atoms with Gasteiger partial charge in [0.05, 0.1) is 13.2 Å². The Kier molecular flexibility index (Phi) is 4.76. The van der Waals surface area contributed by atoms with Gasteiger partial charge in [-0.25, -0.2) is 9.97 Å². The van der Waals surface area contributed by atoms with Crippen molar-refractivity contribution in [3.05, 3.63) is 47.4 Å². The highest BCUT2D eigenvalue weighted by Gasteiger charge is 2.41. The van der Waals surface area contributed by atoms with Crippen LogP contribution in [0.3, 0.4) is 0 Å². The molecule has 1 aromatic heterocycles. The predicted octanol–water partition coefficient (Wildman–Crippen LogP) is 2.85. The first-order valence-electron chi connectivity index (χ1n) is 8.55. The summed E-state index contributed by atoms with van der Waals surface area (Å²) in [5.41, 5.74) is 1.15. The average molecular weight is 375 g/mol. The lowest BCUT2D eigenvalue weighted by molar-refractivity contribution is -0.181. The van der Waals surface area contributed by atoms with E-state index in [9.17, 15) is 4.79 Å². The van der Waals surface area contributed by atoms with Gasteiger partial charge in [-0.05, 0) is 18.2 Å². The van der Waals surface area contributed by atoms with Crippen molar-refractivity contribution >= 4 is 29.0 Å². The van der Waals surface area contributed by atoms with E-state index in [1.165, 1.54) is 6.33 Å². The van der Waals surface area contributed by atoms with E-state index in [0.29, 0.717) is 55.7 Å². The second kappa shape index (κ2) is 7.19. The number of hydrogen-bond donors (Lipinski definition) is 1. The van der Waals surface area contributed by atoms with Crippen molar-refractivity contribution in [3.63, 3.8) is 0 Å². The minimum absolute atomic E-state index is 0.116. The molecule has 2 aromatic rings. The second-order valence-electron chi connectivity index (χ2n) is 6.32. The number of amides is 1. The van der Waals surface area contributed by atoms with Gasteiger partial charge in [-0.2, -0.15) is 0 Å². The summed E-state index contributed by atoms with van der Waals surface area (Å²) < 4.78 is 11.4. The maximum Gasteiger partial charge on any atom is 0.272 e. The molecular weight excluding hydrogens is 356 g/mol. The summed E-state index contributed by atoms with van der Waals surface area (Å²) in [6, 6.07) is 8.95. The molecule has 2 saturated heterocycles. The Hall–Kier alpha value is -2.22. The van der Waals surface area contributed by atoms with E-state index in [-0.39, 0.29) is 5.91 Å². The number of aromatic nitrogens is 2. The number of hydrogen-bond acceptors (Lipinski definition) is 6. The van der Waals surface area contributed by atoms with Crippen LogP contribution in [0.25, 0.3) is 0 Å². The fraction of sp³-hybridized carbons (Fsp3) is 0.389. The zero-order valence-corrected chi connectivity index (χ0v) is 14.9. The number of ether oxygens (including phenoxy) is 2. The summed E-state index contributed by atoms with van der Waals surface area (Å²) in [6.45, 7) is 2.41. The number of nitrogens with one attached hydrogen (secondary N) is 1. The van der Waals surface area contributed by atoms with Crippen molar-refractivity contribution in [1.29, 1.82) is 0 Å². The van der Waals surface area contributed by atoms with Gasteiger partial charge >= 0.3 is 0 Å². The van der Waals surface area contributed by atoms with Gasteiger partial charge in [0.2, 0.25) is 0 Å². The third-order valence-corrected chi connectivity index (χ3v) is 4.84. The SMILES string of the molecule is O=C(c1cc(Nc2cccc(Cl)c2)ncn1)N1CCC2(CC1)OCCO2. The van der Waals surface area contributed by atoms with Crippen molar-refractivity contribution in [2.75, 3.05) is 31.6 Å². The summed E-state index contributed by atoms with van der Waals surface area (Å²) >= 11 is 5.99. The monoisotopic (exact) mass is 374 g/mol. The molecule has 136 valence electrons. The molecule has 0 radical (unpaired) electrons. The van der Waals surface area contributed by atoms with Crippen molar-refractivity contribution in [2.24, 2.45) is 0 Å². The van der Waals surface area contributed by atoms with Gasteiger partial charge in [0, 0.05) is 42.7 Å². The Bertz CT molecular complexity index is 801. The van der Waals surface area contributed by atoms with Crippen molar-refractivity contribution in [1.82, 2.24) is 14.9 Å². The van der Waals surface area contributed by atoms with E-state index in [1.54, 1.807) is 23.1 Å². The number of nitrogens with zero attached hydrogens (tertiary/aromatic N) is 3. The molecule has 0 aliphatic carbocycles. The summed E-state index contributed by atoms with van der Waals surface area (Å²) in [6.07, 6.45) is 2.74. The first kappa shape index (κ1) is 17.2. The van der Waals surface area contributed by atoms with E-state index in [4.69, 9.17) is 21.1 Å². The Morgan fingerprint density at radius 1 is 1.15 bits per heavy atom. The van der Waals surface area contributed by atoms with E-state index in [2.05, 4.69) is 15.3 Å². The first-order valence-corrected chi connectivity index (χ1v) is 8.93. The first-order chi connectivity index (χ1) is 12.6. The average Bonchev–Trinajstić information content (AvgIpc) is 3.10. The van der Waals surface area contributed by atoms with E-state index in [0.717, 1.165) is 5.69 Å². The molecule has 0 saturated carbocycles. The van der Waals surface area contributed by atoms with Crippen LogP contribution in [0, 0.1) is 0 Å². The van der Waals surface area contributed by atoms with E-state index in [1.807, 2.05) is 12.1 Å². The van der Waals surface area contributed by atoms with Gasteiger partial charge in [-0.3, -0.25) is 4.79 Å². The van der Waals surface area contributed by atoms with Gasteiger partial charge in [-0.1, -0.05) is 17.7 Å². The van der Waals surface area contributed by atoms with Crippen LogP contribution in [0.15, 0.2) is 36.7 Å². The molecule has 1 amide bonds. The Balaban J connectivity index is 1.43. The summed E-state index contributed by atoms with van der Waals surface area (Å²) in [5.74, 6) is -0.0715. The number of benzene rings is 1. The lowest BCUT2D eigenvalue weighted by atomic mass is 10.0. The number of likely N-dealkylation sites (tertiary alicyclic amines) is 1. The lowest BCUT2D eigenvalue weighted by Crippen LogP contribution is -2.47. The summed E-state index contributed by atoms with van der Waals surface area (Å²) in [7, 11) is 0. The molecular formula is C18H19ClN4O3. The molecule has 8 heteroatoms. The van der Waals surface area contributed by atoms with Gasteiger partial charge in [0.1, 0.15) is 17.8 Å². The number of carbonyl (C=O) groups is 1. The third kappa shape index (κ3) is 3.65. The van der Waals surface area contributed by atoms with Crippen LogP contribution in [0.4, 0.5) is 11.5 Å². The minimum atomic E-state index is -0.498. The molecule has 2 fully saturated rings. The molecule has 1 N–H and O–H groups in total. The highest BCUT2D eigenvalue weighted by Crippen LogP contribution is 2.31. The van der Waals surface area contributed by atoms with Crippen LogP contribution in [0.2, 0.25) is 5.02 Å². The fourth-order valence-electron chi connectivity index (χ4n) is 3.25. The molecule has 3 heterocycles. The molecule has 1 aromatic carbocycles. The van der Waals surface area contributed by atoms with Gasteiger partial charge in [0.25, 0.3) is 5.91 Å². The zero-order valence-electron chi connectivity index (χ0n) is 14.2. The predicted molar refractivity (Wildman–Crippen MR) is 96.5 cm³/mol. The minimum Gasteiger partial charge on any atom is -0.347 e. The van der Waals surface area contributed by atoms with Crippen LogP contribution in [0.1, 0.15) is 23.3 Å². The Morgan fingerprint density at radius 2 is 1.92 bits per heavy atom. The topological polar surface area (TPSA) is 76.6 Å². The number of piperidine rings is 1. The van der Waals surface area contributed by atoms with Crippen LogP contribution in [-0.4, -0.2) is 52.9 Å². The molecule has 0 atom stereocenters. The lowest BCUT2D eigenvalue weighted by Gasteiger charge is -2.37. The Morgan fingerprint density at radius 3 is 2.65 bits per heavy atom. The standard InChI is InChI=1S/C18H19ClN4O3/c19-13-2-1-3-14(10-13)22-16-11-15(20-12-21-16)17(24)23-6-4-18(5-7-23)25-8-9-26-18/h1-3,10-12H,4-9H2,(H,20,21,22). The van der Waals surface area contributed by atoms with Gasteiger partial charge < -0.3 is 19.7 Å². The van der Waals surface area contributed by atoms with Crippen LogP contribution in [-0.2, 0) is 9.47 Å². The summed E-state index contributed by atoms with van der Waals surface area (Å²) in [4.78, 5) is 22.9.